The van der Waals surface area contributed by atoms with Gasteiger partial charge in [-0.2, -0.15) is 15.0 Å². The monoisotopic (exact) mass is 1880 g/mol. The minimum Gasteiger partial charge on any atom is -0.324 e. The van der Waals surface area contributed by atoms with Gasteiger partial charge in [-0.1, -0.05) is 567 Å². The van der Waals surface area contributed by atoms with Crippen LogP contribution in [0, 0.1) is 6.07 Å². The smallest absolute Gasteiger partial charge is 0.232 e. The van der Waals surface area contributed by atoms with Gasteiger partial charge in [0.05, 0.1) is 0 Å². The van der Waals surface area contributed by atoms with Gasteiger partial charge in [-0.25, -0.2) is 0 Å². The van der Waals surface area contributed by atoms with E-state index in [4.69, 9.17) is 15.0 Å². The van der Waals surface area contributed by atoms with Crippen molar-refractivity contribution in [1.29, 1.82) is 0 Å². The summed E-state index contributed by atoms with van der Waals surface area (Å²) in [6.07, 6.45) is 117. The van der Waals surface area contributed by atoms with Crippen molar-refractivity contribution in [3.8, 4) is 11.4 Å². The number of rotatable bonds is 101. The van der Waals surface area contributed by atoms with Crippen molar-refractivity contribution < 1.29 is 0 Å². The lowest BCUT2D eigenvalue weighted by Crippen LogP contribution is -2.06. The summed E-state index contributed by atoms with van der Waals surface area (Å²) in [6.45, 7) is 14.0. The van der Waals surface area contributed by atoms with Crippen LogP contribution in [-0.2, 0) is 0 Å². The van der Waals surface area contributed by atoms with E-state index in [1.165, 1.54) is 580 Å². The van der Waals surface area contributed by atoms with Gasteiger partial charge >= 0.3 is 0 Å². The quantitative estimate of drug-likeness (QED) is 0.0328. The Morgan fingerprint density at radius 2 is 0.352 bits per heavy atom. The summed E-state index contributed by atoms with van der Waals surface area (Å²) in [6, 6.07) is 21.5. The first-order chi connectivity index (χ1) is 63.5. The van der Waals surface area contributed by atoms with Gasteiger partial charge in [0.25, 0.3) is 0 Å². The third-order valence-electron chi connectivity index (χ3n) is 26.7. The Kier molecular flexibility index (Phi) is 86.3. The summed E-state index contributed by atoms with van der Waals surface area (Å²) in [4.78, 5) is 25.0. The minimum atomic E-state index is 0.596. The first-order valence-electron chi connectivity index (χ1n) is 56.9. The molecule has 128 heavy (non-hydrogen) atoms. The number of aromatic nitrogens is 3. The summed E-state index contributed by atoms with van der Waals surface area (Å²) in [5.41, 5.74) is 3.16. The summed E-state index contributed by atoms with van der Waals surface area (Å²) >= 11 is 12.8. The summed E-state index contributed by atoms with van der Waals surface area (Å²) in [7, 11) is 0. The largest absolute Gasteiger partial charge is 0.324 e. The Hall–Kier alpha value is -1.63. The van der Waals surface area contributed by atoms with Crippen molar-refractivity contribution in [2.24, 2.45) is 0 Å². The molecule has 0 atom stereocenters. The van der Waals surface area contributed by atoms with Gasteiger partial charge in [0.1, 0.15) is 0 Å². The Morgan fingerprint density at radius 3 is 0.523 bits per heavy atom. The van der Waals surface area contributed by atoms with E-state index in [1.807, 2.05) is 12.1 Å². The van der Waals surface area contributed by atoms with Crippen LogP contribution in [0.4, 0.5) is 23.3 Å². The van der Waals surface area contributed by atoms with Gasteiger partial charge in [0, 0.05) is 46.3 Å². The van der Waals surface area contributed by atoms with Crippen LogP contribution < -0.4 is 10.6 Å². The summed E-state index contributed by atoms with van der Waals surface area (Å²) in [5.74, 6) is 8.86. The highest BCUT2D eigenvalue weighted by molar-refractivity contribution is 8.04. The highest BCUT2D eigenvalue weighted by Gasteiger charge is 2.20. The van der Waals surface area contributed by atoms with Gasteiger partial charge in [0.15, 0.2) is 5.82 Å². The standard InChI is InChI=1S/C117H208N5S6/c1-7-13-19-25-31-37-43-49-55-61-67-73-79-88-96-123-109-102-107(103-110(124-97-89-80-74-68-62-56-50-44-38-32-26-20-14-8-2)113(109)127-100-92-83-77-71-65-59-53-47-41-35-29-23-17-11-5)118-116-120-115(106-94-86-85-87-95-106)121-117(122-116)119-108-104-111(125-98-90-81-75-69-63-57-51-45-39-33-27-21-15-9-3)114(128-101-93-84-78-72-66-60-54-48-42-36-30-24-18-12-6)112(105-108)126-99-91-82-76-70-64-58-52-46-40-34-28-22-16-10-4/h86-87,94-95,102-105H,7-84,88-93,96-101H2,1-6H3,(H2,118,119,120,121,122). The number of anilines is 4. The predicted molar refractivity (Wildman–Crippen MR) is 590 cm³/mol. The Labute approximate surface area is 823 Å². The molecule has 1 heterocycles. The molecule has 11 heteroatoms. The van der Waals surface area contributed by atoms with Crippen molar-refractivity contribution in [1.82, 2.24) is 15.0 Å². The molecule has 0 unspecified atom stereocenters. The average molecular weight is 1880 g/mol. The van der Waals surface area contributed by atoms with E-state index in [2.05, 4.69) is 165 Å². The number of nitrogens with one attached hydrogen (secondary N) is 2. The highest BCUT2D eigenvalue weighted by atomic mass is 32.2. The zero-order valence-corrected chi connectivity index (χ0v) is 90.4. The molecule has 737 valence electrons. The van der Waals surface area contributed by atoms with Crippen LogP contribution in [0.15, 0.2) is 77.9 Å². The Morgan fingerprint density at radius 1 is 0.195 bits per heavy atom. The fourth-order valence-corrected chi connectivity index (χ4v) is 25.8. The maximum absolute atomic E-state index is 5.45. The normalized spacial score (nSPS) is 11.7. The summed E-state index contributed by atoms with van der Waals surface area (Å²) < 4.78 is 0. The van der Waals surface area contributed by atoms with E-state index in [-0.39, 0.29) is 0 Å². The Balaban J connectivity index is 1.68. The zero-order valence-electron chi connectivity index (χ0n) is 85.5. The predicted octanol–water partition coefficient (Wildman–Crippen LogP) is 44.3. The molecule has 5 nitrogen and oxygen atoms in total. The van der Waals surface area contributed by atoms with Crippen LogP contribution in [0.25, 0.3) is 11.4 Å². The van der Waals surface area contributed by atoms with Crippen molar-refractivity contribution in [2.75, 3.05) is 45.2 Å². The number of unbranched alkanes of at least 4 members (excludes halogenated alkanes) is 78. The molecular weight excluding hydrogens is 1670 g/mol. The van der Waals surface area contributed by atoms with Crippen molar-refractivity contribution in [2.45, 2.75) is 610 Å². The number of benzene rings is 3. The number of nitrogens with zero attached hydrogens (tertiary/aromatic N) is 3. The van der Waals surface area contributed by atoms with Crippen LogP contribution in [0.3, 0.4) is 0 Å². The fraction of sp³-hybridized carbons (Fsp3) is 0.821. The average Bonchev–Trinajstić information content (AvgIpc) is 0.804. The van der Waals surface area contributed by atoms with E-state index in [9.17, 15) is 0 Å². The third-order valence-corrected chi connectivity index (χ3v) is 34.1. The number of hydrogen-bond donors (Lipinski definition) is 2. The van der Waals surface area contributed by atoms with Crippen molar-refractivity contribution in [3.05, 3.63) is 54.6 Å². The summed E-state index contributed by atoms with van der Waals surface area (Å²) in [5, 5.41) is 7.91. The molecule has 0 saturated heterocycles. The van der Waals surface area contributed by atoms with Gasteiger partial charge in [0.2, 0.25) is 11.9 Å². The van der Waals surface area contributed by atoms with Crippen LogP contribution in [0.2, 0.25) is 0 Å². The van der Waals surface area contributed by atoms with Crippen LogP contribution >= 0.6 is 70.6 Å². The molecule has 0 saturated carbocycles. The first kappa shape index (κ1) is 119. The molecule has 3 aromatic carbocycles. The van der Waals surface area contributed by atoms with Crippen LogP contribution in [0.1, 0.15) is 581 Å². The van der Waals surface area contributed by atoms with Gasteiger partial charge < -0.3 is 10.6 Å². The molecule has 0 aliphatic rings. The van der Waals surface area contributed by atoms with Crippen LogP contribution in [-0.4, -0.2) is 49.5 Å². The molecule has 4 rings (SSSR count). The lowest BCUT2D eigenvalue weighted by molar-refractivity contribution is 0.538. The molecule has 0 bridgehead atoms. The zero-order chi connectivity index (χ0) is 90.7. The lowest BCUT2D eigenvalue weighted by Gasteiger charge is -2.19. The van der Waals surface area contributed by atoms with Gasteiger partial charge in [-0.15, -0.1) is 70.6 Å². The second kappa shape index (κ2) is 93.0. The third kappa shape index (κ3) is 70.1. The molecule has 2 N–H and O–H groups in total. The molecule has 4 aromatic rings. The van der Waals surface area contributed by atoms with E-state index in [0.29, 0.717) is 17.7 Å². The maximum Gasteiger partial charge on any atom is 0.232 e. The van der Waals surface area contributed by atoms with Crippen molar-refractivity contribution in [3.63, 3.8) is 0 Å². The number of thioether (sulfide) groups is 6. The molecule has 1 aromatic heterocycles. The molecular formula is C117H208N5S6. The highest BCUT2D eigenvalue weighted by Crippen LogP contribution is 2.45. The molecule has 0 aliphatic heterocycles. The van der Waals surface area contributed by atoms with E-state index >= 15 is 0 Å². The molecule has 0 fully saturated rings. The first-order valence-corrected chi connectivity index (χ1v) is 62.8. The SMILES string of the molecule is CCCCCCCCCCCCCCCCSc1cc(Nc2nc(Nc3cc(SCCCCCCCCCCCCCCCC)c(SCCCCCCCCCCCCCCCC)c(SCCCCCCCCCCCCCCCC)c3)nc(-c3cc[c]cc3)n2)cc(SCCCCCCCCCCCCCCCC)c1SCCCCCCCCCCCCCCCC. The molecule has 1 radical (unpaired) electrons. The van der Waals surface area contributed by atoms with Gasteiger partial charge in [-0.05, 0) is 103 Å². The number of hydrogen-bond acceptors (Lipinski definition) is 11. The second-order valence-electron chi connectivity index (χ2n) is 39.1. The van der Waals surface area contributed by atoms with E-state index in [0.717, 1.165) is 39.9 Å². The second-order valence-corrected chi connectivity index (χ2v) is 45.9. The topological polar surface area (TPSA) is 62.7 Å². The van der Waals surface area contributed by atoms with E-state index < -0.39 is 0 Å². The lowest BCUT2D eigenvalue weighted by atomic mass is 10.0. The van der Waals surface area contributed by atoms with Crippen LogP contribution in [0.5, 0.6) is 0 Å². The molecule has 0 spiro atoms. The van der Waals surface area contributed by atoms with Crippen molar-refractivity contribution >= 4 is 93.8 Å². The van der Waals surface area contributed by atoms with E-state index in [1.54, 1.807) is 0 Å². The fourth-order valence-electron chi connectivity index (χ4n) is 18.3. The molecule has 0 aliphatic carbocycles. The Bertz CT molecular complexity index is 2700. The molecule has 0 amide bonds. The van der Waals surface area contributed by atoms with Gasteiger partial charge in [-0.3, -0.25) is 0 Å². The maximum atomic E-state index is 5.45. The minimum absolute atomic E-state index is 0.596.